The normalized spacial score (nSPS) is 30.0. The number of benzene rings is 1. The number of nitrogens with one attached hydrogen (secondary N) is 1. The van der Waals surface area contributed by atoms with Crippen molar-refractivity contribution in [1.29, 1.82) is 5.26 Å². The summed E-state index contributed by atoms with van der Waals surface area (Å²) in [6.07, 6.45) is 5.65. The van der Waals surface area contributed by atoms with E-state index >= 15 is 0 Å². The molecular formula is C16H21N3. The van der Waals surface area contributed by atoms with Crippen molar-refractivity contribution in [3.8, 4) is 6.07 Å². The lowest BCUT2D eigenvalue weighted by Crippen LogP contribution is -2.29. The number of nitrogens with zero attached hydrogens (tertiary/aromatic N) is 1. The Labute approximate surface area is 114 Å². The summed E-state index contributed by atoms with van der Waals surface area (Å²) >= 11 is 0. The van der Waals surface area contributed by atoms with Crippen molar-refractivity contribution >= 4 is 11.4 Å². The van der Waals surface area contributed by atoms with Crippen molar-refractivity contribution in [2.45, 2.75) is 38.6 Å². The molecule has 3 N–H and O–H groups in total. The van der Waals surface area contributed by atoms with Crippen LogP contribution in [0.15, 0.2) is 18.2 Å². The molecule has 19 heavy (non-hydrogen) atoms. The van der Waals surface area contributed by atoms with E-state index in [9.17, 15) is 0 Å². The van der Waals surface area contributed by atoms with Gasteiger partial charge < -0.3 is 11.1 Å². The molecule has 0 amide bonds. The first-order chi connectivity index (χ1) is 9.17. The SMILES string of the molecule is CC(Nc1ccc(N)c(C#N)c1)C1CC2CCC1C2. The maximum atomic E-state index is 9.02. The third-order valence-electron chi connectivity index (χ3n) is 5.00. The predicted molar refractivity (Wildman–Crippen MR) is 77.6 cm³/mol. The number of anilines is 2. The maximum absolute atomic E-state index is 9.02. The monoisotopic (exact) mass is 255 g/mol. The summed E-state index contributed by atoms with van der Waals surface area (Å²) in [7, 11) is 0. The van der Waals surface area contributed by atoms with E-state index in [-0.39, 0.29) is 0 Å². The van der Waals surface area contributed by atoms with Gasteiger partial charge in [-0.15, -0.1) is 0 Å². The van der Waals surface area contributed by atoms with E-state index in [0.29, 0.717) is 17.3 Å². The molecule has 2 aliphatic carbocycles. The van der Waals surface area contributed by atoms with Crippen molar-refractivity contribution in [1.82, 2.24) is 0 Å². The van der Waals surface area contributed by atoms with Crippen LogP contribution >= 0.6 is 0 Å². The van der Waals surface area contributed by atoms with Crippen LogP contribution in [0.3, 0.4) is 0 Å². The Kier molecular flexibility index (Phi) is 3.10. The maximum Gasteiger partial charge on any atom is 0.101 e. The van der Waals surface area contributed by atoms with Gasteiger partial charge in [-0.05, 0) is 62.1 Å². The quantitative estimate of drug-likeness (QED) is 0.814. The summed E-state index contributed by atoms with van der Waals surface area (Å²) in [6.45, 7) is 2.27. The summed E-state index contributed by atoms with van der Waals surface area (Å²) in [5.41, 5.74) is 7.88. The summed E-state index contributed by atoms with van der Waals surface area (Å²) < 4.78 is 0. The van der Waals surface area contributed by atoms with E-state index in [4.69, 9.17) is 11.0 Å². The zero-order valence-corrected chi connectivity index (χ0v) is 11.4. The molecule has 0 heterocycles. The van der Waals surface area contributed by atoms with Crippen molar-refractivity contribution < 1.29 is 0 Å². The number of rotatable bonds is 3. The van der Waals surface area contributed by atoms with Crippen LogP contribution < -0.4 is 11.1 Å². The molecule has 3 rings (SSSR count). The summed E-state index contributed by atoms with van der Waals surface area (Å²) in [5, 5.41) is 12.6. The van der Waals surface area contributed by atoms with Crippen molar-refractivity contribution in [3.05, 3.63) is 23.8 Å². The van der Waals surface area contributed by atoms with E-state index in [1.54, 1.807) is 0 Å². The van der Waals surface area contributed by atoms with Gasteiger partial charge >= 0.3 is 0 Å². The van der Waals surface area contributed by atoms with Crippen LogP contribution in [-0.4, -0.2) is 6.04 Å². The second kappa shape index (κ2) is 4.77. The van der Waals surface area contributed by atoms with Crippen molar-refractivity contribution in [3.63, 3.8) is 0 Å². The van der Waals surface area contributed by atoms with Gasteiger partial charge in [-0.2, -0.15) is 5.26 Å². The van der Waals surface area contributed by atoms with E-state index in [0.717, 1.165) is 23.4 Å². The molecule has 0 aromatic heterocycles. The lowest BCUT2D eigenvalue weighted by Gasteiger charge is -2.29. The zero-order valence-electron chi connectivity index (χ0n) is 11.4. The molecule has 3 nitrogen and oxygen atoms in total. The van der Waals surface area contributed by atoms with E-state index in [2.05, 4.69) is 18.3 Å². The van der Waals surface area contributed by atoms with Gasteiger partial charge in [0.25, 0.3) is 0 Å². The van der Waals surface area contributed by atoms with E-state index < -0.39 is 0 Å². The Morgan fingerprint density at radius 1 is 1.37 bits per heavy atom. The van der Waals surface area contributed by atoms with Gasteiger partial charge in [-0.25, -0.2) is 0 Å². The highest BCUT2D eigenvalue weighted by atomic mass is 14.9. The van der Waals surface area contributed by atoms with Gasteiger partial charge in [0.05, 0.1) is 5.56 Å². The molecule has 3 heteroatoms. The third kappa shape index (κ3) is 2.28. The standard InChI is InChI=1S/C16H21N3/c1-10(15-7-11-2-3-12(15)6-11)19-14-4-5-16(18)13(8-14)9-17/h4-5,8,10-12,15,19H,2-3,6-7,18H2,1H3. The molecule has 2 fully saturated rings. The van der Waals surface area contributed by atoms with Crippen molar-refractivity contribution in [2.24, 2.45) is 17.8 Å². The highest BCUT2D eigenvalue weighted by Crippen LogP contribution is 2.49. The van der Waals surface area contributed by atoms with E-state index in [1.165, 1.54) is 25.7 Å². The number of nitrogen functional groups attached to an aromatic ring is 1. The summed E-state index contributed by atoms with van der Waals surface area (Å²) in [5.74, 6) is 2.68. The van der Waals surface area contributed by atoms with Crippen LogP contribution in [0.2, 0.25) is 0 Å². The van der Waals surface area contributed by atoms with Gasteiger partial charge in [0.2, 0.25) is 0 Å². The molecule has 2 saturated carbocycles. The lowest BCUT2D eigenvalue weighted by atomic mass is 9.84. The molecular weight excluding hydrogens is 234 g/mol. The Morgan fingerprint density at radius 3 is 2.84 bits per heavy atom. The largest absolute Gasteiger partial charge is 0.398 e. The third-order valence-corrected chi connectivity index (χ3v) is 5.00. The lowest BCUT2D eigenvalue weighted by molar-refractivity contribution is 0.304. The average molecular weight is 255 g/mol. The topological polar surface area (TPSA) is 61.8 Å². The van der Waals surface area contributed by atoms with Crippen molar-refractivity contribution in [2.75, 3.05) is 11.1 Å². The van der Waals surface area contributed by atoms with Crippen LogP contribution in [0.25, 0.3) is 0 Å². The molecule has 0 aliphatic heterocycles. The molecule has 4 atom stereocenters. The zero-order chi connectivity index (χ0) is 13.4. The average Bonchev–Trinajstić information content (AvgIpc) is 3.03. The minimum absolute atomic E-state index is 0.477. The van der Waals surface area contributed by atoms with Crippen LogP contribution in [0.4, 0.5) is 11.4 Å². The van der Waals surface area contributed by atoms with Crippen LogP contribution in [0.5, 0.6) is 0 Å². The Bertz CT molecular complexity index is 517. The summed E-state index contributed by atoms with van der Waals surface area (Å²) in [4.78, 5) is 0. The molecule has 1 aromatic rings. The second-order valence-electron chi connectivity index (χ2n) is 6.19. The predicted octanol–water partition coefficient (Wildman–Crippen LogP) is 3.38. The van der Waals surface area contributed by atoms with Gasteiger partial charge in [-0.1, -0.05) is 6.42 Å². The first kappa shape index (κ1) is 12.3. The number of hydrogen-bond donors (Lipinski definition) is 2. The molecule has 0 saturated heterocycles. The molecule has 1 aromatic carbocycles. The Balaban J connectivity index is 1.70. The van der Waals surface area contributed by atoms with Crippen LogP contribution in [-0.2, 0) is 0 Å². The fourth-order valence-corrected chi connectivity index (χ4v) is 4.02. The first-order valence-electron chi connectivity index (χ1n) is 7.23. The summed E-state index contributed by atoms with van der Waals surface area (Å²) in [6, 6.07) is 8.26. The number of fused-ring (bicyclic) bond motifs is 2. The highest BCUT2D eigenvalue weighted by Gasteiger charge is 2.41. The van der Waals surface area contributed by atoms with Crippen LogP contribution in [0.1, 0.15) is 38.2 Å². The number of hydrogen-bond acceptors (Lipinski definition) is 3. The fourth-order valence-electron chi connectivity index (χ4n) is 4.02. The van der Waals surface area contributed by atoms with Gasteiger partial charge in [0.15, 0.2) is 0 Å². The highest BCUT2D eigenvalue weighted by molar-refractivity contribution is 5.62. The Morgan fingerprint density at radius 2 is 2.21 bits per heavy atom. The van der Waals surface area contributed by atoms with Gasteiger partial charge in [0.1, 0.15) is 6.07 Å². The fraction of sp³-hybridized carbons (Fsp3) is 0.562. The molecule has 2 bridgehead atoms. The van der Waals surface area contributed by atoms with E-state index in [1.807, 2.05) is 18.2 Å². The van der Waals surface area contributed by atoms with Crippen LogP contribution in [0, 0.1) is 29.1 Å². The minimum Gasteiger partial charge on any atom is -0.398 e. The minimum atomic E-state index is 0.477. The van der Waals surface area contributed by atoms with Gasteiger partial charge in [0, 0.05) is 17.4 Å². The molecule has 0 radical (unpaired) electrons. The number of nitriles is 1. The number of nitrogens with two attached hydrogens (primary N) is 1. The first-order valence-corrected chi connectivity index (χ1v) is 7.23. The molecule has 4 unspecified atom stereocenters. The van der Waals surface area contributed by atoms with Gasteiger partial charge in [-0.3, -0.25) is 0 Å². The molecule has 0 spiro atoms. The second-order valence-corrected chi connectivity index (χ2v) is 6.19. The molecule has 2 aliphatic rings. The molecule has 100 valence electrons. The smallest absolute Gasteiger partial charge is 0.101 e. The Hall–Kier alpha value is -1.69.